The lowest BCUT2D eigenvalue weighted by Crippen LogP contribution is -2.49. The van der Waals surface area contributed by atoms with Gasteiger partial charge in [-0.25, -0.2) is 15.0 Å². The van der Waals surface area contributed by atoms with Crippen molar-refractivity contribution in [2.45, 2.75) is 51.0 Å². The van der Waals surface area contributed by atoms with Crippen molar-refractivity contribution in [2.75, 3.05) is 18.0 Å². The molecule has 3 aromatic rings. The molecule has 3 heterocycles. The van der Waals surface area contributed by atoms with Gasteiger partial charge >= 0.3 is 0 Å². The zero-order valence-electron chi connectivity index (χ0n) is 15.7. The number of aromatic nitrogens is 4. The summed E-state index contributed by atoms with van der Waals surface area (Å²) in [5.41, 5.74) is 2.35. The lowest BCUT2D eigenvalue weighted by Gasteiger charge is -2.42. The molecule has 5 heteroatoms. The normalized spacial score (nSPS) is 18.3. The Morgan fingerprint density at radius 2 is 1.77 bits per heavy atom. The second-order valence-electron chi connectivity index (χ2n) is 8.65. The van der Waals surface area contributed by atoms with Gasteiger partial charge in [0.25, 0.3) is 0 Å². The summed E-state index contributed by atoms with van der Waals surface area (Å²) in [5, 5.41) is 0. The number of hydrogen-bond acceptors (Lipinski definition) is 4. The molecule has 1 saturated carbocycles. The quantitative estimate of drug-likeness (QED) is 0.717. The Labute approximate surface area is 154 Å². The van der Waals surface area contributed by atoms with E-state index in [4.69, 9.17) is 9.97 Å². The molecule has 0 atom stereocenters. The van der Waals surface area contributed by atoms with Crippen molar-refractivity contribution in [1.29, 1.82) is 0 Å². The lowest BCUT2D eigenvalue weighted by atomic mass is 9.94. The molecule has 134 valence electrons. The van der Waals surface area contributed by atoms with Crippen molar-refractivity contribution in [3.8, 4) is 0 Å². The number of nitrogens with zero attached hydrogens (tertiary/aromatic N) is 5. The fraction of sp³-hybridized carbons (Fsp3) is 0.476. The molecule has 0 radical (unpaired) electrons. The first-order valence-corrected chi connectivity index (χ1v) is 9.56. The van der Waals surface area contributed by atoms with Crippen LogP contribution in [0.5, 0.6) is 0 Å². The largest absolute Gasteiger partial charge is 0.352 e. The summed E-state index contributed by atoms with van der Waals surface area (Å²) in [6.07, 6.45) is 4.39. The molecule has 0 amide bonds. The molecule has 5 nitrogen and oxygen atoms in total. The molecule has 1 aliphatic heterocycles. The van der Waals surface area contributed by atoms with Gasteiger partial charge in [0.2, 0.25) is 0 Å². The second-order valence-corrected chi connectivity index (χ2v) is 8.65. The number of fused-ring (bicyclic) bond motifs is 1. The Hall–Kier alpha value is -2.43. The van der Waals surface area contributed by atoms with Crippen molar-refractivity contribution in [2.24, 2.45) is 0 Å². The van der Waals surface area contributed by atoms with Crippen LogP contribution < -0.4 is 4.90 Å². The third kappa shape index (κ3) is 2.57. The molecule has 1 saturated heterocycles. The van der Waals surface area contributed by atoms with Crippen molar-refractivity contribution in [3.05, 3.63) is 48.2 Å². The van der Waals surface area contributed by atoms with Gasteiger partial charge in [0.05, 0.1) is 17.1 Å². The molecule has 1 aromatic carbocycles. The van der Waals surface area contributed by atoms with Crippen molar-refractivity contribution >= 4 is 16.9 Å². The highest BCUT2D eigenvalue weighted by molar-refractivity contribution is 5.76. The van der Waals surface area contributed by atoms with Crippen LogP contribution in [0.3, 0.4) is 0 Å². The van der Waals surface area contributed by atoms with Crippen LogP contribution in [0.15, 0.2) is 36.5 Å². The van der Waals surface area contributed by atoms with E-state index < -0.39 is 0 Å². The van der Waals surface area contributed by atoms with E-state index in [1.54, 1.807) is 0 Å². The van der Waals surface area contributed by atoms with Gasteiger partial charge < -0.3 is 9.47 Å². The number of hydrogen-bond donors (Lipinski definition) is 0. The molecule has 1 aliphatic carbocycles. The summed E-state index contributed by atoms with van der Waals surface area (Å²) in [7, 11) is 0. The molecule has 2 aromatic heterocycles. The number of imidazole rings is 1. The van der Waals surface area contributed by atoms with Crippen molar-refractivity contribution in [3.63, 3.8) is 0 Å². The van der Waals surface area contributed by atoms with E-state index >= 15 is 0 Å². The Balaban J connectivity index is 1.45. The Morgan fingerprint density at radius 1 is 1.00 bits per heavy atom. The van der Waals surface area contributed by atoms with E-state index in [9.17, 15) is 0 Å². The standard InChI is InChI=1S/C21H25N5/c1-21(2,3)20-23-16-6-4-5-7-17(16)26(20)15-12-25(13-15)18-10-11-22-19(24-18)14-8-9-14/h4-7,10-11,14-15H,8-9,12-13H2,1-3H3. The SMILES string of the molecule is CC(C)(C)c1nc2ccccc2n1C1CN(c2ccnc(C3CC3)n2)C1. The summed E-state index contributed by atoms with van der Waals surface area (Å²) in [6, 6.07) is 11.0. The van der Waals surface area contributed by atoms with Crippen LogP contribution in [-0.4, -0.2) is 32.6 Å². The van der Waals surface area contributed by atoms with Gasteiger partial charge in [-0.1, -0.05) is 32.9 Å². The highest BCUT2D eigenvalue weighted by Gasteiger charge is 2.35. The molecular formula is C21H25N5. The van der Waals surface area contributed by atoms with E-state index in [2.05, 4.69) is 59.5 Å². The number of benzene rings is 1. The Bertz CT molecular complexity index is 958. The van der Waals surface area contributed by atoms with Crippen LogP contribution in [0, 0.1) is 0 Å². The minimum atomic E-state index is 0.0213. The molecular weight excluding hydrogens is 322 g/mol. The molecule has 0 N–H and O–H groups in total. The van der Waals surface area contributed by atoms with Gasteiger partial charge in [-0.15, -0.1) is 0 Å². The number of anilines is 1. The average molecular weight is 347 g/mol. The maximum Gasteiger partial charge on any atom is 0.133 e. The third-order valence-corrected chi connectivity index (χ3v) is 5.42. The predicted octanol–water partition coefficient (Wildman–Crippen LogP) is 4.06. The highest BCUT2D eigenvalue weighted by atomic mass is 15.3. The summed E-state index contributed by atoms with van der Waals surface area (Å²) in [4.78, 5) is 16.6. The molecule has 2 fully saturated rings. The first kappa shape index (κ1) is 15.8. The molecule has 0 bridgehead atoms. The van der Waals surface area contributed by atoms with Gasteiger partial charge in [-0.05, 0) is 31.0 Å². The van der Waals surface area contributed by atoms with Crippen LogP contribution in [0.1, 0.15) is 57.2 Å². The van der Waals surface area contributed by atoms with Crippen LogP contribution in [-0.2, 0) is 5.41 Å². The van der Waals surface area contributed by atoms with Gasteiger partial charge in [0, 0.05) is 30.6 Å². The summed E-state index contributed by atoms with van der Waals surface area (Å²) < 4.78 is 2.45. The summed E-state index contributed by atoms with van der Waals surface area (Å²) >= 11 is 0. The Kier molecular flexibility index (Phi) is 3.36. The minimum absolute atomic E-state index is 0.0213. The van der Waals surface area contributed by atoms with E-state index in [0.29, 0.717) is 12.0 Å². The van der Waals surface area contributed by atoms with Gasteiger partial charge in [-0.3, -0.25) is 0 Å². The molecule has 5 rings (SSSR count). The molecule has 0 spiro atoms. The smallest absolute Gasteiger partial charge is 0.133 e. The minimum Gasteiger partial charge on any atom is -0.352 e. The Morgan fingerprint density at radius 3 is 2.50 bits per heavy atom. The average Bonchev–Trinajstić information content (AvgIpc) is 3.35. The monoisotopic (exact) mass is 347 g/mol. The van der Waals surface area contributed by atoms with Gasteiger partial charge in [0.1, 0.15) is 17.5 Å². The van der Waals surface area contributed by atoms with Crippen LogP contribution in [0.2, 0.25) is 0 Å². The van der Waals surface area contributed by atoms with E-state index in [-0.39, 0.29) is 5.41 Å². The molecule has 26 heavy (non-hydrogen) atoms. The molecule has 0 unspecified atom stereocenters. The summed E-state index contributed by atoms with van der Waals surface area (Å²) in [5.74, 6) is 3.86. The number of para-hydroxylation sites is 2. The maximum atomic E-state index is 4.95. The highest BCUT2D eigenvalue weighted by Crippen LogP contribution is 2.39. The van der Waals surface area contributed by atoms with E-state index in [1.165, 1.54) is 24.2 Å². The van der Waals surface area contributed by atoms with Gasteiger partial charge in [-0.2, -0.15) is 0 Å². The zero-order valence-corrected chi connectivity index (χ0v) is 15.7. The topological polar surface area (TPSA) is 46.8 Å². The second kappa shape index (κ2) is 5.53. The van der Waals surface area contributed by atoms with Crippen LogP contribution in [0.4, 0.5) is 5.82 Å². The third-order valence-electron chi connectivity index (χ3n) is 5.42. The lowest BCUT2D eigenvalue weighted by molar-refractivity contribution is 0.371. The zero-order chi connectivity index (χ0) is 17.9. The maximum absolute atomic E-state index is 4.95. The first-order chi connectivity index (χ1) is 12.5. The van der Waals surface area contributed by atoms with Crippen molar-refractivity contribution in [1.82, 2.24) is 19.5 Å². The fourth-order valence-corrected chi connectivity index (χ4v) is 3.83. The van der Waals surface area contributed by atoms with Crippen LogP contribution in [0.25, 0.3) is 11.0 Å². The first-order valence-electron chi connectivity index (χ1n) is 9.56. The summed E-state index contributed by atoms with van der Waals surface area (Å²) in [6.45, 7) is 8.68. The van der Waals surface area contributed by atoms with Gasteiger partial charge in [0.15, 0.2) is 0 Å². The van der Waals surface area contributed by atoms with Crippen LogP contribution >= 0.6 is 0 Å². The number of rotatable bonds is 3. The van der Waals surface area contributed by atoms with Crippen molar-refractivity contribution < 1.29 is 0 Å². The van der Waals surface area contributed by atoms with E-state index in [0.717, 1.165) is 30.2 Å². The van der Waals surface area contributed by atoms with E-state index in [1.807, 2.05) is 12.3 Å². The fourth-order valence-electron chi connectivity index (χ4n) is 3.83. The predicted molar refractivity (Wildman–Crippen MR) is 104 cm³/mol. The molecule has 2 aliphatic rings.